The Bertz CT molecular complexity index is 393. The molecule has 0 aromatic heterocycles. The lowest BCUT2D eigenvalue weighted by atomic mass is 9.66. The van der Waals surface area contributed by atoms with E-state index in [1.165, 1.54) is 4.90 Å². The maximum absolute atomic E-state index is 12.0. The molecule has 21 heavy (non-hydrogen) atoms. The second-order valence-corrected chi connectivity index (χ2v) is 5.40. The third-order valence-corrected chi connectivity index (χ3v) is 3.85. The molecule has 0 aliphatic heterocycles. The molecule has 1 saturated carbocycles. The molecule has 0 aromatic rings. The van der Waals surface area contributed by atoms with Crippen molar-refractivity contribution in [2.45, 2.75) is 39.5 Å². The molecule has 0 aromatic carbocycles. The molecular weight excluding hydrogens is 276 g/mol. The van der Waals surface area contributed by atoms with Gasteiger partial charge in [0.1, 0.15) is 6.54 Å². The van der Waals surface area contributed by atoms with Gasteiger partial charge in [0.15, 0.2) is 0 Å². The van der Waals surface area contributed by atoms with E-state index in [0.29, 0.717) is 13.1 Å². The predicted molar refractivity (Wildman–Crippen MR) is 75.8 cm³/mol. The van der Waals surface area contributed by atoms with Crippen LogP contribution in [0.1, 0.15) is 39.5 Å². The first kappa shape index (κ1) is 17.3. The zero-order chi connectivity index (χ0) is 15.9. The number of hydrogen-bond donors (Lipinski definition) is 2. The van der Waals surface area contributed by atoms with Gasteiger partial charge in [0.05, 0.1) is 13.0 Å². The third-order valence-electron chi connectivity index (χ3n) is 3.85. The molecule has 0 unspecified atom stereocenters. The zero-order valence-corrected chi connectivity index (χ0v) is 12.7. The summed E-state index contributed by atoms with van der Waals surface area (Å²) in [6, 6.07) is -0.359. The maximum Gasteiger partial charge on any atom is 0.325 e. The van der Waals surface area contributed by atoms with Gasteiger partial charge in [-0.25, -0.2) is 4.79 Å². The van der Waals surface area contributed by atoms with Gasteiger partial charge in [-0.3, -0.25) is 9.59 Å². The van der Waals surface area contributed by atoms with Crippen LogP contribution in [0.2, 0.25) is 0 Å². The largest absolute Gasteiger partial charge is 0.481 e. The highest BCUT2D eigenvalue weighted by Crippen LogP contribution is 2.43. The molecule has 0 atom stereocenters. The van der Waals surface area contributed by atoms with Crippen molar-refractivity contribution in [3.63, 3.8) is 0 Å². The fourth-order valence-electron chi connectivity index (χ4n) is 2.48. The first-order chi connectivity index (χ1) is 9.92. The number of rotatable bonds is 8. The van der Waals surface area contributed by atoms with E-state index in [2.05, 4.69) is 5.32 Å². The highest BCUT2D eigenvalue weighted by atomic mass is 16.5. The Hall–Kier alpha value is -1.79. The Morgan fingerprint density at radius 1 is 1.29 bits per heavy atom. The molecule has 2 N–H and O–H groups in total. The summed E-state index contributed by atoms with van der Waals surface area (Å²) < 4.78 is 4.82. The van der Waals surface area contributed by atoms with Crippen molar-refractivity contribution in [3.8, 4) is 0 Å². The molecule has 2 amide bonds. The van der Waals surface area contributed by atoms with Crippen LogP contribution in [-0.2, 0) is 14.3 Å². The van der Waals surface area contributed by atoms with E-state index >= 15 is 0 Å². The Morgan fingerprint density at radius 3 is 2.38 bits per heavy atom. The van der Waals surface area contributed by atoms with E-state index in [9.17, 15) is 14.4 Å². The number of nitrogens with zero attached hydrogens (tertiary/aromatic N) is 1. The van der Waals surface area contributed by atoms with Crippen molar-refractivity contribution in [2.24, 2.45) is 5.41 Å². The standard InChI is InChI=1S/C14H24N2O5/c1-3-16(9-12(19)21-4-2)13(20)15-10-14(6-5-7-14)8-11(17)18/h3-10H2,1-2H3,(H,15,20)(H,17,18). The van der Waals surface area contributed by atoms with Crippen LogP contribution in [0.4, 0.5) is 4.79 Å². The van der Waals surface area contributed by atoms with Gasteiger partial charge in [-0.2, -0.15) is 0 Å². The quantitative estimate of drug-likeness (QED) is 0.657. The summed E-state index contributed by atoms with van der Waals surface area (Å²) in [7, 11) is 0. The minimum atomic E-state index is -0.845. The van der Waals surface area contributed by atoms with Crippen LogP contribution in [0, 0.1) is 5.41 Å². The van der Waals surface area contributed by atoms with Crippen molar-refractivity contribution < 1.29 is 24.2 Å². The van der Waals surface area contributed by atoms with Crippen LogP contribution in [0.25, 0.3) is 0 Å². The maximum atomic E-state index is 12.0. The second-order valence-electron chi connectivity index (χ2n) is 5.40. The highest BCUT2D eigenvalue weighted by Gasteiger charge is 2.39. The van der Waals surface area contributed by atoms with Crippen molar-refractivity contribution in [1.82, 2.24) is 10.2 Å². The Balaban J connectivity index is 2.46. The van der Waals surface area contributed by atoms with Crippen LogP contribution in [-0.4, -0.2) is 54.2 Å². The molecule has 1 fully saturated rings. The van der Waals surface area contributed by atoms with Crippen molar-refractivity contribution >= 4 is 18.0 Å². The molecule has 0 bridgehead atoms. The minimum Gasteiger partial charge on any atom is -0.481 e. The third kappa shape index (κ3) is 5.24. The van der Waals surface area contributed by atoms with E-state index in [-0.39, 0.29) is 31.0 Å². The summed E-state index contributed by atoms with van der Waals surface area (Å²) in [4.78, 5) is 35.7. The fraction of sp³-hybridized carbons (Fsp3) is 0.786. The van der Waals surface area contributed by atoms with Gasteiger partial charge in [-0.1, -0.05) is 6.42 Å². The Kier molecular flexibility index (Phi) is 6.45. The topological polar surface area (TPSA) is 95.9 Å². The van der Waals surface area contributed by atoms with Gasteiger partial charge in [-0.15, -0.1) is 0 Å². The number of urea groups is 1. The summed E-state index contributed by atoms with van der Waals surface area (Å²) >= 11 is 0. The zero-order valence-electron chi connectivity index (χ0n) is 12.7. The van der Waals surface area contributed by atoms with Crippen molar-refractivity contribution in [3.05, 3.63) is 0 Å². The number of carbonyl (C=O) groups excluding carboxylic acids is 2. The summed E-state index contributed by atoms with van der Waals surface area (Å²) in [5.74, 6) is -1.29. The average Bonchev–Trinajstić information content (AvgIpc) is 2.38. The molecule has 7 nitrogen and oxygen atoms in total. The van der Waals surface area contributed by atoms with Crippen LogP contribution >= 0.6 is 0 Å². The van der Waals surface area contributed by atoms with E-state index in [1.807, 2.05) is 0 Å². The number of esters is 1. The van der Waals surface area contributed by atoms with E-state index < -0.39 is 11.9 Å². The summed E-state index contributed by atoms with van der Waals surface area (Å²) in [5, 5.41) is 11.7. The van der Waals surface area contributed by atoms with Gasteiger partial charge in [0.2, 0.25) is 0 Å². The fourth-order valence-corrected chi connectivity index (χ4v) is 2.48. The van der Waals surface area contributed by atoms with Crippen molar-refractivity contribution in [1.29, 1.82) is 0 Å². The van der Waals surface area contributed by atoms with Gasteiger partial charge in [-0.05, 0) is 32.1 Å². The Morgan fingerprint density at radius 2 is 1.95 bits per heavy atom. The molecule has 1 aliphatic carbocycles. The number of likely N-dealkylation sites (N-methyl/N-ethyl adjacent to an activating group) is 1. The number of ether oxygens (including phenoxy) is 1. The molecular formula is C14H24N2O5. The van der Waals surface area contributed by atoms with Crippen LogP contribution < -0.4 is 5.32 Å². The number of carboxylic acid groups (broad SMARTS) is 1. The van der Waals surface area contributed by atoms with E-state index in [0.717, 1.165) is 19.3 Å². The van der Waals surface area contributed by atoms with Gasteiger partial charge < -0.3 is 20.1 Å². The second kappa shape index (κ2) is 7.85. The first-order valence-electron chi connectivity index (χ1n) is 7.32. The van der Waals surface area contributed by atoms with Crippen LogP contribution in [0.5, 0.6) is 0 Å². The lowest BCUT2D eigenvalue weighted by Crippen LogP contribution is -2.49. The van der Waals surface area contributed by atoms with Gasteiger partial charge >= 0.3 is 18.0 Å². The SMILES string of the molecule is CCOC(=O)CN(CC)C(=O)NCC1(CC(=O)O)CCC1. The van der Waals surface area contributed by atoms with Crippen LogP contribution in [0.3, 0.4) is 0 Å². The molecule has 0 spiro atoms. The number of carboxylic acids is 1. The van der Waals surface area contributed by atoms with Gasteiger partial charge in [0.25, 0.3) is 0 Å². The summed E-state index contributed by atoms with van der Waals surface area (Å²) in [5.41, 5.74) is -0.329. The smallest absolute Gasteiger partial charge is 0.325 e. The molecule has 7 heteroatoms. The molecule has 1 rings (SSSR count). The molecule has 0 saturated heterocycles. The minimum absolute atomic E-state index is 0.0667. The van der Waals surface area contributed by atoms with Gasteiger partial charge in [0, 0.05) is 13.1 Å². The number of hydrogen-bond acceptors (Lipinski definition) is 4. The lowest BCUT2D eigenvalue weighted by molar-refractivity contribution is -0.143. The predicted octanol–water partition coefficient (Wildman–Crippen LogP) is 1.23. The van der Waals surface area contributed by atoms with E-state index in [1.54, 1.807) is 13.8 Å². The number of aliphatic carboxylic acids is 1. The highest BCUT2D eigenvalue weighted by molar-refractivity contribution is 5.81. The van der Waals surface area contributed by atoms with Crippen LogP contribution in [0.15, 0.2) is 0 Å². The molecule has 120 valence electrons. The first-order valence-corrected chi connectivity index (χ1v) is 7.32. The molecule has 0 radical (unpaired) electrons. The normalized spacial score (nSPS) is 15.7. The number of amides is 2. The lowest BCUT2D eigenvalue weighted by Gasteiger charge is -2.41. The summed E-state index contributed by atoms with van der Waals surface area (Å²) in [6.07, 6.45) is 2.67. The monoisotopic (exact) mass is 300 g/mol. The summed E-state index contributed by atoms with van der Waals surface area (Å²) in [6.45, 7) is 4.38. The Labute approximate surface area is 124 Å². The number of nitrogens with one attached hydrogen (secondary N) is 1. The average molecular weight is 300 g/mol. The molecule has 1 aliphatic rings. The van der Waals surface area contributed by atoms with Crippen molar-refractivity contribution in [2.75, 3.05) is 26.2 Å². The number of carbonyl (C=O) groups is 3. The van der Waals surface area contributed by atoms with E-state index in [4.69, 9.17) is 9.84 Å². The molecule has 0 heterocycles.